The van der Waals surface area contributed by atoms with Crippen molar-refractivity contribution in [1.29, 1.82) is 0 Å². The van der Waals surface area contributed by atoms with E-state index in [1.165, 1.54) is 4.68 Å². The molecule has 7 heteroatoms. The fourth-order valence-corrected chi connectivity index (χ4v) is 5.06. The summed E-state index contributed by atoms with van der Waals surface area (Å²) in [5.74, 6) is 0.456. The van der Waals surface area contributed by atoms with Gasteiger partial charge in [-0.25, -0.2) is 9.48 Å². The second kappa shape index (κ2) is 7.93. The quantitative estimate of drug-likeness (QED) is 0.599. The first-order valence-electron chi connectivity index (χ1n) is 10.7. The van der Waals surface area contributed by atoms with Crippen molar-refractivity contribution in [1.82, 2.24) is 14.7 Å². The number of H-pyrrole nitrogens is 1. The van der Waals surface area contributed by atoms with E-state index in [4.69, 9.17) is 16.3 Å². The molecular formula is C24H24ClN3O3. The van der Waals surface area contributed by atoms with Crippen LogP contribution >= 0.6 is 11.6 Å². The van der Waals surface area contributed by atoms with Gasteiger partial charge in [-0.1, -0.05) is 49.1 Å². The lowest BCUT2D eigenvalue weighted by Crippen LogP contribution is -2.49. The van der Waals surface area contributed by atoms with Gasteiger partial charge in [-0.2, -0.15) is 0 Å². The predicted molar refractivity (Wildman–Crippen MR) is 119 cm³/mol. The Morgan fingerprint density at radius 2 is 1.77 bits per heavy atom. The van der Waals surface area contributed by atoms with Gasteiger partial charge in [-0.15, -0.1) is 0 Å². The molecule has 1 aliphatic heterocycles. The molecule has 0 saturated heterocycles. The Morgan fingerprint density at radius 1 is 1.03 bits per heavy atom. The number of aromatic nitrogens is 2. The molecule has 160 valence electrons. The number of ether oxygens (including phenoxy) is 1. The van der Waals surface area contributed by atoms with Gasteiger partial charge in [0.25, 0.3) is 5.56 Å². The Hall–Kier alpha value is -2.99. The maximum absolute atomic E-state index is 13.6. The molecule has 5 rings (SSSR count). The molecule has 1 aromatic heterocycles. The van der Waals surface area contributed by atoms with Crippen molar-refractivity contribution in [2.75, 3.05) is 0 Å². The fraction of sp³-hybridized carbons (Fsp3) is 0.333. The first-order chi connectivity index (χ1) is 15.0. The maximum atomic E-state index is 13.6. The lowest BCUT2D eigenvalue weighted by molar-refractivity contribution is 0.0864. The summed E-state index contributed by atoms with van der Waals surface area (Å²) in [6, 6.07) is 14.1. The summed E-state index contributed by atoms with van der Waals surface area (Å²) in [6.45, 7) is 1.87. The van der Waals surface area contributed by atoms with Gasteiger partial charge in [0.1, 0.15) is 5.75 Å². The highest BCUT2D eigenvalue weighted by Crippen LogP contribution is 2.43. The van der Waals surface area contributed by atoms with Crippen LogP contribution in [-0.4, -0.2) is 26.8 Å². The second-order valence-corrected chi connectivity index (χ2v) is 8.71. The number of amides is 1. The minimum atomic E-state index is -0.549. The zero-order valence-corrected chi connectivity index (χ0v) is 18.1. The zero-order chi connectivity index (χ0) is 21.5. The van der Waals surface area contributed by atoms with Crippen LogP contribution in [0.1, 0.15) is 55.0 Å². The van der Waals surface area contributed by atoms with Gasteiger partial charge >= 0.3 is 6.09 Å². The standard InChI is InChI=1S/C24H24ClN3O3/c1-15-21(23(29)28(26-15)18-10-6-3-7-11-18)22-19-14-16(25)12-13-20(19)31-24(30)27(22)17-8-4-2-5-9-17/h3,6-7,10-14,17,22,26H,2,4-5,8-9H2,1H3. The number of halogens is 1. The average Bonchev–Trinajstić information content (AvgIpc) is 3.08. The molecule has 0 spiro atoms. The van der Waals surface area contributed by atoms with Crippen LogP contribution in [0, 0.1) is 6.92 Å². The van der Waals surface area contributed by atoms with Gasteiger partial charge in [0.05, 0.1) is 17.3 Å². The van der Waals surface area contributed by atoms with Crippen LogP contribution in [0.5, 0.6) is 5.75 Å². The van der Waals surface area contributed by atoms with Gasteiger partial charge in [0, 0.05) is 22.3 Å². The normalized spacial score (nSPS) is 19.2. The highest BCUT2D eigenvalue weighted by atomic mass is 35.5. The van der Waals surface area contributed by atoms with E-state index < -0.39 is 12.1 Å². The maximum Gasteiger partial charge on any atom is 0.416 e. The molecule has 1 atom stereocenters. The van der Waals surface area contributed by atoms with Crippen LogP contribution in [0.3, 0.4) is 0 Å². The topological polar surface area (TPSA) is 67.3 Å². The summed E-state index contributed by atoms with van der Waals surface area (Å²) in [4.78, 5) is 28.6. The molecule has 0 radical (unpaired) electrons. The number of aromatic amines is 1. The fourth-order valence-electron chi connectivity index (χ4n) is 4.88. The minimum absolute atomic E-state index is 0.0252. The number of nitrogens with one attached hydrogen (secondary N) is 1. The Kier molecular flexibility index (Phi) is 5.10. The number of para-hydroxylation sites is 1. The third-order valence-corrected chi connectivity index (χ3v) is 6.56. The van der Waals surface area contributed by atoms with E-state index in [1.54, 1.807) is 17.0 Å². The molecule has 6 nitrogen and oxygen atoms in total. The van der Waals surface area contributed by atoms with Gasteiger partial charge < -0.3 is 4.74 Å². The number of nitrogens with zero attached hydrogens (tertiary/aromatic N) is 2. The number of benzene rings is 2. The van der Waals surface area contributed by atoms with Crippen molar-refractivity contribution < 1.29 is 9.53 Å². The summed E-state index contributed by atoms with van der Waals surface area (Å²) < 4.78 is 7.22. The van der Waals surface area contributed by atoms with Crippen LogP contribution in [-0.2, 0) is 0 Å². The third-order valence-electron chi connectivity index (χ3n) is 6.33. The number of carbonyl (C=O) groups is 1. The van der Waals surface area contributed by atoms with E-state index >= 15 is 0 Å². The Morgan fingerprint density at radius 3 is 2.52 bits per heavy atom. The molecule has 2 aliphatic rings. The Bertz CT molecular complexity index is 1180. The van der Waals surface area contributed by atoms with Crippen LogP contribution in [0.15, 0.2) is 53.3 Å². The number of aryl methyl sites for hydroxylation is 1. The zero-order valence-electron chi connectivity index (χ0n) is 17.3. The van der Waals surface area contributed by atoms with Crippen molar-refractivity contribution in [3.63, 3.8) is 0 Å². The molecule has 2 aromatic carbocycles. The second-order valence-electron chi connectivity index (χ2n) is 8.28. The molecule has 31 heavy (non-hydrogen) atoms. The summed E-state index contributed by atoms with van der Waals surface area (Å²) in [6.07, 6.45) is 4.68. The SMILES string of the molecule is Cc1[nH]n(-c2ccccc2)c(=O)c1C1c2cc(Cl)ccc2OC(=O)N1C1CCCCC1. The summed E-state index contributed by atoms with van der Waals surface area (Å²) in [5.41, 5.74) is 2.60. The van der Waals surface area contributed by atoms with E-state index in [0.29, 0.717) is 16.3 Å². The molecule has 1 unspecified atom stereocenters. The average molecular weight is 438 g/mol. The summed E-state index contributed by atoms with van der Waals surface area (Å²) >= 11 is 6.33. The van der Waals surface area contributed by atoms with Crippen molar-refractivity contribution in [3.05, 3.63) is 80.7 Å². The van der Waals surface area contributed by atoms with E-state index in [0.717, 1.165) is 49.0 Å². The number of hydrogen-bond donors (Lipinski definition) is 1. The smallest absolute Gasteiger partial charge is 0.410 e. The van der Waals surface area contributed by atoms with E-state index in [9.17, 15) is 9.59 Å². The van der Waals surface area contributed by atoms with Crippen molar-refractivity contribution >= 4 is 17.7 Å². The van der Waals surface area contributed by atoms with E-state index in [-0.39, 0.29) is 11.6 Å². The molecule has 3 aromatic rings. The summed E-state index contributed by atoms with van der Waals surface area (Å²) in [5, 5.41) is 3.75. The third kappa shape index (κ3) is 3.45. The van der Waals surface area contributed by atoms with Crippen LogP contribution in [0.2, 0.25) is 5.02 Å². The van der Waals surface area contributed by atoms with Gasteiger partial charge in [0.2, 0.25) is 0 Å². The molecule has 1 saturated carbocycles. The molecule has 2 heterocycles. The van der Waals surface area contributed by atoms with Crippen molar-refractivity contribution in [2.45, 2.75) is 51.1 Å². The highest BCUT2D eigenvalue weighted by Gasteiger charge is 2.42. The first-order valence-corrected chi connectivity index (χ1v) is 11.1. The van der Waals surface area contributed by atoms with Crippen LogP contribution in [0.4, 0.5) is 4.79 Å². The first kappa shape index (κ1) is 19.9. The molecular weight excluding hydrogens is 414 g/mol. The van der Waals surface area contributed by atoms with E-state index in [2.05, 4.69) is 5.10 Å². The van der Waals surface area contributed by atoms with Crippen LogP contribution < -0.4 is 10.3 Å². The van der Waals surface area contributed by atoms with Gasteiger partial charge in [-0.3, -0.25) is 14.8 Å². The number of carbonyl (C=O) groups excluding carboxylic acids is 1. The lowest BCUT2D eigenvalue weighted by atomic mass is 9.89. The van der Waals surface area contributed by atoms with Crippen molar-refractivity contribution in [3.8, 4) is 11.4 Å². The molecule has 1 fully saturated rings. The monoisotopic (exact) mass is 437 g/mol. The Balaban J connectivity index is 1.71. The lowest BCUT2D eigenvalue weighted by Gasteiger charge is -2.42. The molecule has 0 bridgehead atoms. The molecule has 1 amide bonds. The van der Waals surface area contributed by atoms with E-state index in [1.807, 2.05) is 43.3 Å². The van der Waals surface area contributed by atoms with Gasteiger partial charge in [0.15, 0.2) is 0 Å². The van der Waals surface area contributed by atoms with Crippen molar-refractivity contribution in [2.24, 2.45) is 0 Å². The Labute approximate surface area is 185 Å². The van der Waals surface area contributed by atoms with Crippen LogP contribution in [0.25, 0.3) is 5.69 Å². The number of fused-ring (bicyclic) bond motifs is 1. The highest BCUT2D eigenvalue weighted by molar-refractivity contribution is 6.30. The minimum Gasteiger partial charge on any atom is -0.410 e. The number of rotatable bonds is 3. The predicted octanol–water partition coefficient (Wildman–Crippen LogP) is 5.36. The molecule has 1 N–H and O–H groups in total. The number of hydrogen-bond acceptors (Lipinski definition) is 3. The summed E-state index contributed by atoms with van der Waals surface area (Å²) in [7, 11) is 0. The molecule has 1 aliphatic carbocycles. The largest absolute Gasteiger partial charge is 0.416 e. The van der Waals surface area contributed by atoms with Gasteiger partial charge in [-0.05, 0) is 50.1 Å².